The second kappa shape index (κ2) is 8.82. The quantitative estimate of drug-likeness (QED) is 0.849. The Kier molecular flexibility index (Phi) is 6.49. The predicted octanol–water partition coefficient (Wildman–Crippen LogP) is 2.53. The third-order valence-electron chi connectivity index (χ3n) is 3.64. The lowest BCUT2D eigenvalue weighted by atomic mass is 10.1. The van der Waals surface area contributed by atoms with E-state index in [4.69, 9.17) is 0 Å². The van der Waals surface area contributed by atoms with Gasteiger partial charge in [-0.3, -0.25) is 9.59 Å². The smallest absolute Gasteiger partial charge is 0.224 e. The summed E-state index contributed by atoms with van der Waals surface area (Å²) in [5.74, 6) is -0.468. The lowest BCUT2D eigenvalue weighted by molar-refractivity contribution is -0.130. The minimum atomic E-state index is -0.304. The van der Waals surface area contributed by atoms with Crippen LogP contribution in [0.3, 0.4) is 0 Å². The Morgan fingerprint density at radius 2 is 1.67 bits per heavy atom. The van der Waals surface area contributed by atoms with Gasteiger partial charge in [0.1, 0.15) is 5.82 Å². The minimum absolute atomic E-state index is 0.0773. The molecule has 1 N–H and O–H groups in total. The van der Waals surface area contributed by atoms with Gasteiger partial charge < -0.3 is 10.2 Å². The van der Waals surface area contributed by atoms with Crippen LogP contribution in [0.5, 0.6) is 0 Å². The molecule has 0 aromatic heterocycles. The molecule has 4 nitrogen and oxygen atoms in total. The van der Waals surface area contributed by atoms with Gasteiger partial charge in [-0.05, 0) is 23.3 Å². The Bertz CT molecular complexity index is 672. The molecule has 0 aliphatic carbocycles. The number of halogens is 1. The first-order chi connectivity index (χ1) is 11.5. The molecule has 2 amide bonds. The predicted molar refractivity (Wildman–Crippen MR) is 90.6 cm³/mol. The zero-order chi connectivity index (χ0) is 17.4. The molecule has 0 bridgehead atoms. The van der Waals surface area contributed by atoms with E-state index in [2.05, 4.69) is 5.32 Å². The molecule has 2 aromatic rings. The highest BCUT2D eigenvalue weighted by molar-refractivity contribution is 5.78. The van der Waals surface area contributed by atoms with Gasteiger partial charge >= 0.3 is 0 Å². The summed E-state index contributed by atoms with van der Waals surface area (Å²) < 4.78 is 12.9. The second-order valence-electron chi connectivity index (χ2n) is 5.58. The number of amides is 2. The van der Waals surface area contributed by atoms with Crippen LogP contribution in [0.15, 0.2) is 54.6 Å². The molecule has 2 rings (SSSR count). The first-order valence-corrected chi connectivity index (χ1v) is 7.85. The Balaban J connectivity index is 1.80. The van der Waals surface area contributed by atoms with Gasteiger partial charge in [0.05, 0.1) is 6.42 Å². The number of benzene rings is 2. The summed E-state index contributed by atoms with van der Waals surface area (Å²) in [4.78, 5) is 25.2. The van der Waals surface area contributed by atoms with Gasteiger partial charge in [0.2, 0.25) is 11.8 Å². The molecule has 0 unspecified atom stereocenters. The number of carbonyl (C=O) groups excluding carboxylic acids is 2. The number of hydrogen-bond donors (Lipinski definition) is 1. The molecule has 126 valence electrons. The van der Waals surface area contributed by atoms with Gasteiger partial charge in [-0.25, -0.2) is 4.39 Å². The molecule has 0 radical (unpaired) electrons. The van der Waals surface area contributed by atoms with Gasteiger partial charge in [0.25, 0.3) is 0 Å². The average molecular weight is 328 g/mol. The van der Waals surface area contributed by atoms with Gasteiger partial charge in [-0.1, -0.05) is 42.5 Å². The molecule has 0 aliphatic heterocycles. The van der Waals surface area contributed by atoms with E-state index in [9.17, 15) is 14.0 Å². The maximum atomic E-state index is 12.9. The van der Waals surface area contributed by atoms with E-state index < -0.39 is 0 Å². The van der Waals surface area contributed by atoms with Crippen LogP contribution < -0.4 is 5.32 Å². The molecular weight excluding hydrogens is 307 g/mol. The van der Waals surface area contributed by atoms with Crippen molar-refractivity contribution in [3.63, 3.8) is 0 Å². The Morgan fingerprint density at radius 3 is 2.29 bits per heavy atom. The van der Waals surface area contributed by atoms with Crippen LogP contribution in [0.25, 0.3) is 0 Å². The molecule has 0 aliphatic rings. The molecule has 0 atom stereocenters. The van der Waals surface area contributed by atoms with Crippen molar-refractivity contribution in [1.82, 2.24) is 10.2 Å². The number of nitrogens with zero attached hydrogens (tertiary/aromatic N) is 1. The number of carbonyl (C=O) groups is 2. The summed E-state index contributed by atoms with van der Waals surface area (Å²) in [5.41, 5.74) is 1.80. The Labute approximate surface area is 141 Å². The summed E-state index contributed by atoms with van der Waals surface area (Å²) in [5, 5.41) is 2.82. The molecule has 0 saturated heterocycles. The Hall–Kier alpha value is -2.69. The topological polar surface area (TPSA) is 49.4 Å². The molecule has 2 aromatic carbocycles. The van der Waals surface area contributed by atoms with E-state index in [-0.39, 0.29) is 17.6 Å². The normalized spacial score (nSPS) is 10.2. The van der Waals surface area contributed by atoms with Crippen molar-refractivity contribution in [3.05, 3.63) is 71.5 Å². The van der Waals surface area contributed by atoms with Gasteiger partial charge in [0, 0.05) is 26.6 Å². The zero-order valence-electron chi connectivity index (χ0n) is 13.7. The number of hydrogen-bond acceptors (Lipinski definition) is 2. The summed E-state index contributed by atoms with van der Waals surface area (Å²) in [7, 11) is 0. The van der Waals surface area contributed by atoms with Crippen molar-refractivity contribution >= 4 is 11.8 Å². The average Bonchev–Trinajstić information content (AvgIpc) is 2.56. The van der Waals surface area contributed by atoms with Crippen LogP contribution in [0, 0.1) is 5.82 Å². The first-order valence-electron chi connectivity index (χ1n) is 7.85. The third kappa shape index (κ3) is 5.83. The number of rotatable bonds is 7. The summed E-state index contributed by atoms with van der Waals surface area (Å²) in [6, 6.07) is 15.5. The van der Waals surface area contributed by atoms with E-state index in [1.54, 1.807) is 17.0 Å². The summed E-state index contributed by atoms with van der Waals surface area (Å²) >= 11 is 0. The van der Waals surface area contributed by atoms with E-state index in [1.807, 2.05) is 30.3 Å². The van der Waals surface area contributed by atoms with Crippen molar-refractivity contribution < 1.29 is 14.0 Å². The lowest BCUT2D eigenvalue weighted by Crippen LogP contribution is -2.37. The fourth-order valence-corrected chi connectivity index (χ4v) is 2.33. The van der Waals surface area contributed by atoms with Crippen molar-refractivity contribution in [3.8, 4) is 0 Å². The van der Waals surface area contributed by atoms with Gasteiger partial charge in [0.15, 0.2) is 0 Å². The SMILES string of the molecule is CC(=O)N(CCNC(=O)Cc1ccccc1)Cc1ccc(F)cc1. The van der Waals surface area contributed by atoms with Crippen LogP contribution >= 0.6 is 0 Å². The molecule has 0 spiro atoms. The highest BCUT2D eigenvalue weighted by Crippen LogP contribution is 2.07. The van der Waals surface area contributed by atoms with Crippen LogP contribution in [-0.4, -0.2) is 29.8 Å². The van der Waals surface area contributed by atoms with Gasteiger partial charge in [-0.15, -0.1) is 0 Å². The van der Waals surface area contributed by atoms with E-state index in [1.165, 1.54) is 19.1 Å². The largest absolute Gasteiger partial charge is 0.354 e. The highest BCUT2D eigenvalue weighted by atomic mass is 19.1. The van der Waals surface area contributed by atoms with Crippen LogP contribution in [0.1, 0.15) is 18.1 Å². The van der Waals surface area contributed by atoms with Crippen molar-refractivity contribution in [2.75, 3.05) is 13.1 Å². The molecule has 24 heavy (non-hydrogen) atoms. The lowest BCUT2D eigenvalue weighted by Gasteiger charge is -2.21. The fraction of sp³-hybridized carbons (Fsp3) is 0.263. The van der Waals surface area contributed by atoms with Crippen molar-refractivity contribution in [2.24, 2.45) is 0 Å². The van der Waals surface area contributed by atoms with E-state index in [0.29, 0.717) is 26.1 Å². The van der Waals surface area contributed by atoms with Crippen LogP contribution in [0.2, 0.25) is 0 Å². The summed E-state index contributed by atoms with van der Waals surface area (Å²) in [6.45, 7) is 2.67. The molecule has 0 heterocycles. The third-order valence-corrected chi connectivity index (χ3v) is 3.64. The highest BCUT2D eigenvalue weighted by Gasteiger charge is 2.10. The monoisotopic (exact) mass is 328 g/mol. The molecule has 5 heteroatoms. The van der Waals surface area contributed by atoms with Crippen LogP contribution in [0.4, 0.5) is 4.39 Å². The maximum Gasteiger partial charge on any atom is 0.224 e. The van der Waals surface area contributed by atoms with Gasteiger partial charge in [-0.2, -0.15) is 0 Å². The molecule has 0 saturated carbocycles. The van der Waals surface area contributed by atoms with Crippen LogP contribution in [-0.2, 0) is 22.6 Å². The number of nitrogens with one attached hydrogen (secondary N) is 1. The minimum Gasteiger partial charge on any atom is -0.354 e. The Morgan fingerprint density at radius 1 is 1.00 bits per heavy atom. The maximum absolute atomic E-state index is 12.9. The van der Waals surface area contributed by atoms with E-state index in [0.717, 1.165) is 11.1 Å². The van der Waals surface area contributed by atoms with Crippen molar-refractivity contribution in [1.29, 1.82) is 0 Å². The summed E-state index contributed by atoms with van der Waals surface area (Å²) in [6.07, 6.45) is 0.318. The standard InChI is InChI=1S/C19H21FN2O2/c1-15(23)22(14-17-7-9-18(20)10-8-17)12-11-21-19(24)13-16-5-3-2-4-6-16/h2-10H,11-14H2,1H3,(H,21,24). The zero-order valence-corrected chi connectivity index (χ0v) is 13.7. The van der Waals surface area contributed by atoms with Crippen molar-refractivity contribution in [2.45, 2.75) is 19.9 Å². The fourth-order valence-electron chi connectivity index (χ4n) is 2.33. The first kappa shape index (κ1) is 17.7. The second-order valence-corrected chi connectivity index (χ2v) is 5.58. The van der Waals surface area contributed by atoms with E-state index >= 15 is 0 Å². The molecule has 0 fully saturated rings. The molecular formula is C19H21FN2O2.